The van der Waals surface area contributed by atoms with E-state index >= 15 is 0 Å². The molecule has 0 saturated carbocycles. The highest BCUT2D eigenvalue weighted by molar-refractivity contribution is 7.17. The molecule has 0 aliphatic heterocycles. The molecule has 0 atom stereocenters. The first-order chi connectivity index (χ1) is 13.7. The second-order valence-corrected chi connectivity index (χ2v) is 7.24. The second kappa shape index (κ2) is 6.77. The fourth-order valence-corrected chi connectivity index (χ4v) is 3.98. The van der Waals surface area contributed by atoms with Gasteiger partial charge in [0.1, 0.15) is 5.52 Å². The molecule has 0 spiro atoms. The van der Waals surface area contributed by atoms with E-state index in [4.69, 9.17) is 10.1 Å². The molecule has 0 radical (unpaired) electrons. The van der Waals surface area contributed by atoms with Gasteiger partial charge in [-0.1, -0.05) is 5.21 Å². The van der Waals surface area contributed by atoms with Crippen LogP contribution in [0.1, 0.15) is 12.5 Å². The number of aliphatic hydroxyl groups excluding tert-OH is 1. The molecule has 5 heterocycles. The minimum absolute atomic E-state index is 0.0332. The van der Waals surface area contributed by atoms with Crippen molar-refractivity contribution in [3.63, 3.8) is 0 Å². The Hall–Kier alpha value is -3.18. The first kappa shape index (κ1) is 17.0. The highest BCUT2D eigenvalue weighted by atomic mass is 32.1. The standard InChI is InChI=1S/C17H17N9OS/c1-2-24-9-14-15(22-24)12(10-28-14)8-26-17-16(21-23-26)18-6-13(20-17)11-5-19-25(7-11)3-4-27/h5-7,9-10,27H,2-4,8H2,1H3. The lowest BCUT2D eigenvalue weighted by molar-refractivity contribution is 0.269. The Kier molecular flexibility index (Phi) is 4.10. The molecule has 0 aliphatic carbocycles. The molecule has 0 unspecified atom stereocenters. The molecule has 0 fully saturated rings. The van der Waals surface area contributed by atoms with Crippen molar-refractivity contribution in [2.75, 3.05) is 6.61 Å². The van der Waals surface area contributed by atoms with Crippen LogP contribution in [0.3, 0.4) is 0 Å². The third kappa shape index (κ3) is 2.84. The van der Waals surface area contributed by atoms with E-state index in [1.165, 1.54) is 0 Å². The van der Waals surface area contributed by atoms with E-state index in [2.05, 4.69) is 44.0 Å². The Morgan fingerprint density at radius 2 is 2.11 bits per heavy atom. The Morgan fingerprint density at radius 1 is 1.18 bits per heavy atom. The van der Waals surface area contributed by atoms with E-state index in [0.717, 1.165) is 27.9 Å². The zero-order valence-electron chi connectivity index (χ0n) is 15.1. The summed E-state index contributed by atoms with van der Waals surface area (Å²) in [7, 11) is 0. The molecule has 5 rings (SSSR count). The molecular weight excluding hydrogens is 378 g/mol. The lowest BCUT2D eigenvalue weighted by Gasteiger charge is -2.01. The molecular formula is C17H17N9OS. The number of hydrogen-bond acceptors (Lipinski definition) is 8. The first-order valence-electron chi connectivity index (χ1n) is 8.88. The van der Waals surface area contributed by atoms with Gasteiger partial charge in [-0.3, -0.25) is 9.36 Å². The molecule has 11 heteroatoms. The Bertz CT molecular complexity index is 1260. The summed E-state index contributed by atoms with van der Waals surface area (Å²) >= 11 is 1.67. The van der Waals surface area contributed by atoms with Crippen molar-refractivity contribution in [1.82, 2.24) is 44.5 Å². The maximum atomic E-state index is 9.05. The molecule has 10 nitrogen and oxygen atoms in total. The van der Waals surface area contributed by atoms with Gasteiger partial charge in [-0.05, 0) is 12.3 Å². The highest BCUT2D eigenvalue weighted by Gasteiger charge is 2.15. The van der Waals surface area contributed by atoms with E-state index in [1.54, 1.807) is 33.1 Å². The molecule has 142 valence electrons. The van der Waals surface area contributed by atoms with Crippen LogP contribution in [0.4, 0.5) is 0 Å². The fraction of sp³-hybridized carbons (Fsp3) is 0.294. The normalized spacial score (nSPS) is 11.8. The van der Waals surface area contributed by atoms with Crippen LogP contribution in [-0.4, -0.2) is 56.2 Å². The largest absolute Gasteiger partial charge is 0.394 e. The van der Waals surface area contributed by atoms with E-state index in [-0.39, 0.29) is 6.61 Å². The molecule has 5 aromatic rings. The molecule has 28 heavy (non-hydrogen) atoms. The molecule has 0 aromatic carbocycles. The number of aryl methyl sites for hydroxylation is 1. The van der Waals surface area contributed by atoms with Gasteiger partial charge in [0.15, 0.2) is 5.65 Å². The summed E-state index contributed by atoms with van der Waals surface area (Å²) in [5.74, 6) is 0. The lowest BCUT2D eigenvalue weighted by atomic mass is 10.3. The molecule has 0 bridgehead atoms. The number of thiophene rings is 1. The maximum absolute atomic E-state index is 9.05. The van der Waals surface area contributed by atoms with Gasteiger partial charge in [0.25, 0.3) is 0 Å². The summed E-state index contributed by atoms with van der Waals surface area (Å²) in [5, 5.41) is 28.4. The van der Waals surface area contributed by atoms with Crippen molar-refractivity contribution in [3.8, 4) is 11.3 Å². The SMILES string of the molecule is CCn1cc2scc(Cn3nnc4ncc(-c5cnn(CCO)c5)nc43)c2n1. The topological polar surface area (TPSA) is 112 Å². The van der Waals surface area contributed by atoms with Gasteiger partial charge in [-0.25, -0.2) is 14.6 Å². The predicted molar refractivity (Wildman–Crippen MR) is 104 cm³/mol. The van der Waals surface area contributed by atoms with E-state index in [9.17, 15) is 0 Å². The summed E-state index contributed by atoms with van der Waals surface area (Å²) in [5.41, 5.74) is 4.70. The van der Waals surface area contributed by atoms with Gasteiger partial charge in [0.05, 0.1) is 42.5 Å². The number of nitrogens with zero attached hydrogens (tertiary/aromatic N) is 9. The predicted octanol–water partition coefficient (Wildman–Crippen LogP) is 1.56. The highest BCUT2D eigenvalue weighted by Crippen LogP contribution is 2.26. The molecule has 0 amide bonds. The lowest BCUT2D eigenvalue weighted by Crippen LogP contribution is -2.03. The van der Waals surface area contributed by atoms with Crippen LogP contribution in [0.25, 0.3) is 32.8 Å². The van der Waals surface area contributed by atoms with Gasteiger partial charge in [-0.2, -0.15) is 10.2 Å². The van der Waals surface area contributed by atoms with Gasteiger partial charge < -0.3 is 5.11 Å². The van der Waals surface area contributed by atoms with Gasteiger partial charge >= 0.3 is 0 Å². The monoisotopic (exact) mass is 395 g/mol. The minimum Gasteiger partial charge on any atom is -0.394 e. The quantitative estimate of drug-likeness (QED) is 0.464. The number of fused-ring (bicyclic) bond motifs is 2. The van der Waals surface area contributed by atoms with Crippen LogP contribution in [0.2, 0.25) is 0 Å². The van der Waals surface area contributed by atoms with Crippen LogP contribution >= 0.6 is 11.3 Å². The van der Waals surface area contributed by atoms with Crippen LogP contribution in [0.5, 0.6) is 0 Å². The van der Waals surface area contributed by atoms with E-state index < -0.39 is 0 Å². The van der Waals surface area contributed by atoms with Crippen molar-refractivity contribution in [3.05, 3.63) is 35.7 Å². The summed E-state index contributed by atoms with van der Waals surface area (Å²) < 4.78 is 6.51. The third-order valence-corrected chi connectivity index (χ3v) is 5.45. The minimum atomic E-state index is 0.0332. The number of aromatic nitrogens is 9. The van der Waals surface area contributed by atoms with E-state index in [0.29, 0.717) is 30.1 Å². The number of rotatable bonds is 6. The van der Waals surface area contributed by atoms with Gasteiger partial charge in [-0.15, -0.1) is 16.4 Å². The van der Waals surface area contributed by atoms with Gasteiger partial charge in [0, 0.05) is 30.1 Å². The van der Waals surface area contributed by atoms with Crippen molar-refractivity contribution in [2.45, 2.75) is 26.6 Å². The van der Waals surface area contributed by atoms with Crippen molar-refractivity contribution < 1.29 is 5.11 Å². The van der Waals surface area contributed by atoms with Crippen molar-refractivity contribution in [2.24, 2.45) is 0 Å². The Labute approximate surface area is 163 Å². The number of hydrogen-bond donors (Lipinski definition) is 1. The zero-order valence-corrected chi connectivity index (χ0v) is 15.9. The van der Waals surface area contributed by atoms with Crippen molar-refractivity contribution >= 4 is 32.8 Å². The molecule has 1 N–H and O–H groups in total. The third-order valence-electron chi connectivity index (χ3n) is 4.49. The number of aliphatic hydroxyl groups is 1. The summed E-state index contributed by atoms with van der Waals surface area (Å²) in [6, 6.07) is 0. The summed E-state index contributed by atoms with van der Waals surface area (Å²) in [6.07, 6.45) is 7.26. The average molecular weight is 395 g/mol. The summed E-state index contributed by atoms with van der Waals surface area (Å²) in [6.45, 7) is 3.91. The molecule has 0 saturated heterocycles. The Morgan fingerprint density at radius 3 is 2.96 bits per heavy atom. The van der Waals surface area contributed by atoms with Crippen molar-refractivity contribution in [1.29, 1.82) is 0 Å². The van der Waals surface area contributed by atoms with Gasteiger partial charge in [0.2, 0.25) is 5.65 Å². The fourth-order valence-electron chi connectivity index (χ4n) is 3.06. The van der Waals surface area contributed by atoms with Crippen LogP contribution in [0.15, 0.2) is 30.2 Å². The van der Waals surface area contributed by atoms with Crippen LogP contribution in [0, 0.1) is 0 Å². The van der Waals surface area contributed by atoms with Crippen LogP contribution in [-0.2, 0) is 19.6 Å². The van der Waals surface area contributed by atoms with E-state index in [1.807, 2.05) is 10.9 Å². The maximum Gasteiger partial charge on any atom is 0.221 e. The van der Waals surface area contributed by atoms with Crippen LogP contribution < -0.4 is 0 Å². The molecule has 0 aliphatic rings. The Balaban J connectivity index is 1.51. The average Bonchev–Trinajstić information content (AvgIpc) is 3.47. The molecule has 5 aromatic heterocycles. The summed E-state index contributed by atoms with van der Waals surface area (Å²) in [4.78, 5) is 9.08. The zero-order chi connectivity index (χ0) is 19.1. The first-order valence-corrected chi connectivity index (χ1v) is 9.76. The smallest absolute Gasteiger partial charge is 0.221 e. The second-order valence-electron chi connectivity index (χ2n) is 6.32.